The molecular weight excluding hydrogens is 366 g/mol. The standard InChI is InChI=1S/C18H21N5O3S/c1-2-22-13-16(12-20-22)21-18(24)15-7-9-23(10-8-15)27(25,26)17-5-3-14(11-19)4-6-17/h3-6,12-13,15H,2,7-10H2,1H3,(H,21,24). The smallest absolute Gasteiger partial charge is 0.243 e. The molecule has 9 heteroatoms. The number of aryl methyl sites for hydroxylation is 1. The highest BCUT2D eigenvalue weighted by Gasteiger charge is 2.32. The number of sulfonamides is 1. The number of carbonyl (C=O) groups is 1. The number of piperidine rings is 1. The van der Waals surface area contributed by atoms with Crippen molar-refractivity contribution in [2.24, 2.45) is 5.92 Å². The summed E-state index contributed by atoms with van der Waals surface area (Å²) in [6, 6.07) is 7.83. The number of nitriles is 1. The van der Waals surface area contributed by atoms with Crippen molar-refractivity contribution in [3.05, 3.63) is 42.2 Å². The van der Waals surface area contributed by atoms with Crippen molar-refractivity contribution in [2.75, 3.05) is 18.4 Å². The van der Waals surface area contributed by atoms with E-state index in [4.69, 9.17) is 5.26 Å². The van der Waals surface area contributed by atoms with E-state index in [1.54, 1.807) is 17.1 Å². The molecule has 1 amide bonds. The number of hydrogen-bond donors (Lipinski definition) is 1. The van der Waals surface area contributed by atoms with Crippen LogP contribution in [0.5, 0.6) is 0 Å². The van der Waals surface area contributed by atoms with Crippen molar-refractivity contribution in [2.45, 2.75) is 31.2 Å². The fourth-order valence-electron chi connectivity index (χ4n) is 3.05. The lowest BCUT2D eigenvalue weighted by Gasteiger charge is -2.30. The van der Waals surface area contributed by atoms with E-state index in [-0.39, 0.29) is 29.8 Å². The molecule has 0 saturated carbocycles. The topological polar surface area (TPSA) is 108 Å². The van der Waals surface area contributed by atoms with Crippen molar-refractivity contribution in [3.8, 4) is 6.07 Å². The number of hydrogen-bond acceptors (Lipinski definition) is 5. The lowest BCUT2D eigenvalue weighted by molar-refractivity contribution is -0.120. The largest absolute Gasteiger partial charge is 0.323 e. The van der Waals surface area contributed by atoms with Crippen LogP contribution in [-0.4, -0.2) is 41.5 Å². The van der Waals surface area contributed by atoms with E-state index in [1.807, 2.05) is 13.0 Å². The van der Waals surface area contributed by atoms with Crippen molar-refractivity contribution < 1.29 is 13.2 Å². The molecule has 1 N–H and O–H groups in total. The number of anilines is 1. The second-order valence-electron chi connectivity index (χ2n) is 6.39. The predicted octanol–water partition coefficient (Wildman–Crippen LogP) is 1.81. The Morgan fingerprint density at radius 2 is 1.96 bits per heavy atom. The Morgan fingerprint density at radius 3 is 2.52 bits per heavy atom. The molecule has 0 bridgehead atoms. The van der Waals surface area contributed by atoms with Crippen LogP contribution in [0, 0.1) is 17.2 Å². The van der Waals surface area contributed by atoms with Crippen LogP contribution in [-0.2, 0) is 21.4 Å². The summed E-state index contributed by atoms with van der Waals surface area (Å²) < 4.78 is 28.6. The minimum atomic E-state index is -3.62. The van der Waals surface area contributed by atoms with Crippen LogP contribution in [0.15, 0.2) is 41.6 Å². The van der Waals surface area contributed by atoms with Crippen molar-refractivity contribution in [3.63, 3.8) is 0 Å². The molecule has 0 radical (unpaired) electrons. The highest BCUT2D eigenvalue weighted by molar-refractivity contribution is 7.89. The Balaban J connectivity index is 1.60. The van der Waals surface area contributed by atoms with Gasteiger partial charge in [-0.3, -0.25) is 9.48 Å². The van der Waals surface area contributed by atoms with E-state index in [9.17, 15) is 13.2 Å². The summed E-state index contributed by atoms with van der Waals surface area (Å²) in [6.07, 6.45) is 4.29. The zero-order chi connectivity index (χ0) is 19.4. The average Bonchev–Trinajstić information content (AvgIpc) is 3.15. The molecule has 3 rings (SSSR count). The van der Waals surface area contributed by atoms with Gasteiger partial charge in [-0.1, -0.05) is 0 Å². The van der Waals surface area contributed by atoms with Gasteiger partial charge in [0, 0.05) is 31.7 Å². The fraction of sp³-hybridized carbons (Fsp3) is 0.389. The summed E-state index contributed by atoms with van der Waals surface area (Å²) in [4.78, 5) is 12.6. The van der Waals surface area contributed by atoms with Crippen LogP contribution in [0.25, 0.3) is 0 Å². The molecule has 142 valence electrons. The van der Waals surface area contributed by atoms with Gasteiger partial charge in [0.1, 0.15) is 0 Å². The lowest BCUT2D eigenvalue weighted by Crippen LogP contribution is -2.41. The van der Waals surface area contributed by atoms with Crippen molar-refractivity contribution in [1.82, 2.24) is 14.1 Å². The number of carbonyl (C=O) groups excluding carboxylic acids is 1. The zero-order valence-electron chi connectivity index (χ0n) is 15.0. The van der Waals surface area contributed by atoms with Crippen LogP contribution < -0.4 is 5.32 Å². The van der Waals surface area contributed by atoms with Gasteiger partial charge in [-0.15, -0.1) is 0 Å². The molecule has 1 aromatic heterocycles. The lowest BCUT2D eigenvalue weighted by atomic mass is 9.97. The van der Waals surface area contributed by atoms with E-state index in [2.05, 4.69) is 10.4 Å². The minimum Gasteiger partial charge on any atom is -0.323 e. The highest BCUT2D eigenvalue weighted by Crippen LogP contribution is 2.25. The molecule has 0 atom stereocenters. The third kappa shape index (κ3) is 4.18. The number of rotatable bonds is 5. The monoisotopic (exact) mass is 387 g/mol. The maximum Gasteiger partial charge on any atom is 0.243 e. The first-order valence-corrected chi connectivity index (χ1v) is 10.2. The zero-order valence-corrected chi connectivity index (χ0v) is 15.8. The van der Waals surface area contributed by atoms with Crippen LogP contribution in [0.3, 0.4) is 0 Å². The van der Waals surface area contributed by atoms with Crippen LogP contribution in [0.2, 0.25) is 0 Å². The van der Waals surface area contributed by atoms with E-state index < -0.39 is 10.0 Å². The van der Waals surface area contributed by atoms with Gasteiger partial charge < -0.3 is 5.32 Å². The van der Waals surface area contributed by atoms with Gasteiger partial charge in [-0.2, -0.15) is 14.7 Å². The highest BCUT2D eigenvalue weighted by atomic mass is 32.2. The number of nitrogens with one attached hydrogen (secondary N) is 1. The van der Waals surface area contributed by atoms with Gasteiger partial charge in [0.15, 0.2) is 0 Å². The maximum absolute atomic E-state index is 12.7. The van der Waals surface area contributed by atoms with E-state index in [1.165, 1.54) is 28.6 Å². The van der Waals surface area contributed by atoms with Crippen molar-refractivity contribution in [1.29, 1.82) is 5.26 Å². The van der Waals surface area contributed by atoms with Crippen molar-refractivity contribution >= 4 is 21.6 Å². The van der Waals surface area contributed by atoms with E-state index in [0.717, 1.165) is 6.54 Å². The molecule has 1 aliphatic heterocycles. The molecule has 2 heterocycles. The third-order valence-corrected chi connectivity index (χ3v) is 6.58. The summed E-state index contributed by atoms with van der Waals surface area (Å²) in [6.45, 7) is 3.26. The number of amides is 1. The molecule has 0 aliphatic carbocycles. The van der Waals surface area contributed by atoms with Crippen LogP contribution in [0.1, 0.15) is 25.3 Å². The number of aromatic nitrogens is 2. The first kappa shape index (κ1) is 19.1. The first-order chi connectivity index (χ1) is 12.9. The predicted molar refractivity (Wildman–Crippen MR) is 99.2 cm³/mol. The Kier molecular flexibility index (Phi) is 5.58. The Morgan fingerprint density at radius 1 is 1.30 bits per heavy atom. The Hall–Kier alpha value is -2.70. The molecule has 27 heavy (non-hydrogen) atoms. The van der Waals surface area contributed by atoms with Gasteiger partial charge in [0.2, 0.25) is 15.9 Å². The normalized spacial score (nSPS) is 16.0. The van der Waals surface area contributed by atoms with Gasteiger partial charge in [-0.25, -0.2) is 8.42 Å². The molecule has 0 spiro atoms. The summed E-state index contributed by atoms with van der Waals surface area (Å²) in [5.41, 5.74) is 1.06. The maximum atomic E-state index is 12.7. The van der Waals surface area contributed by atoms with E-state index >= 15 is 0 Å². The summed E-state index contributed by atoms with van der Waals surface area (Å²) in [5, 5.41) is 15.8. The molecular formula is C18H21N5O3S. The minimum absolute atomic E-state index is 0.110. The molecule has 1 aromatic carbocycles. The Bertz CT molecular complexity index is 952. The first-order valence-electron chi connectivity index (χ1n) is 8.77. The SMILES string of the molecule is CCn1cc(NC(=O)C2CCN(S(=O)(=O)c3ccc(C#N)cc3)CC2)cn1. The molecule has 2 aromatic rings. The summed E-state index contributed by atoms with van der Waals surface area (Å²) in [5.74, 6) is -0.344. The molecule has 8 nitrogen and oxygen atoms in total. The molecule has 1 aliphatic rings. The van der Waals surface area contributed by atoms with E-state index in [0.29, 0.717) is 24.1 Å². The third-order valence-electron chi connectivity index (χ3n) is 4.67. The van der Waals surface area contributed by atoms with Gasteiger partial charge in [-0.05, 0) is 44.0 Å². The molecule has 0 unspecified atom stereocenters. The second-order valence-corrected chi connectivity index (χ2v) is 8.33. The van der Waals surface area contributed by atoms with Crippen LogP contribution in [0.4, 0.5) is 5.69 Å². The van der Waals surface area contributed by atoms with Gasteiger partial charge >= 0.3 is 0 Å². The average molecular weight is 387 g/mol. The quantitative estimate of drug-likeness (QED) is 0.842. The molecule has 1 fully saturated rings. The second kappa shape index (κ2) is 7.90. The fourth-order valence-corrected chi connectivity index (χ4v) is 4.52. The Labute approximate surface area is 158 Å². The summed E-state index contributed by atoms with van der Waals surface area (Å²) in [7, 11) is -3.62. The van der Waals surface area contributed by atoms with Crippen LogP contribution >= 0.6 is 0 Å². The summed E-state index contributed by atoms with van der Waals surface area (Å²) >= 11 is 0. The number of nitrogens with zero attached hydrogens (tertiary/aromatic N) is 4. The van der Waals surface area contributed by atoms with Gasteiger partial charge in [0.25, 0.3) is 0 Å². The van der Waals surface area contributed by atoms with Gasteiger partial charge in [0.05, 0.1) is 28.4 Å². The number of benzene rings is 1. The molecule has 1 saturated heterocycles.